The van der Waals surface area contributed by atoms with E-state index in [0.29, 0.717) is 0 Å². The summed E-state index contributed by atoms with van der Waals surface area (Å²) in [5.41, 5.74) is 1.42. The average molecular weight is 386 g/mol. The first-order valence-electron chi connectivity index (χ1n) is 9.15. The number of aliphatic hydroxyl groups is 1. The van der Waals surface area contributed by atoms with Crippen molar-refractivity contribution in [1.29, 1.82) is 0 Å². The zero-order valence-corrected chi connectivity index (χ0v) is 16.5. The van der Waals surface area contributed by atoms with Crippen molar-refractivity contribution in [2.45, 2.75) is 49.3 Å². The Balaban J connectivity index is 1.68. The Bertz CT molecular complexity index is 891. The summed E-state index contributed by atoms with van der Waals surface area (Å²) >= 11 is 3.57. The summed E-state index contributed by atoms with van der Waals surface area (Å²) in [4.78, 5) is 13.5. The molecule has 2 heterocycles. The predicted molar refractivity (Wildman–Crippen MR) is 110 cm³/mol. The Hall–Kier alpha value is -1.63. The molecule has 0 saturated carbocycles. The van der Waals surface area contributed by atoms with Gasteiger partial charge in [0.15, 0.2) is 0 Å². The number of thioether (sulfide) groups is 1. The van der Waals surface area contributed by atoms with E-state index in [9.17, 15) is 5.11 Å². The van der Waals surface area contributed by atoms with Gasteiger partial charge in [-0.2, -0.15) is 0 Å². The van der Waals surface area contributed by atoms with Crippen LogP contribution in [0.15, 0.2) is 35.2 Å². The van der Waals surface area contributed by atoms with E-state index in [0.717, 1.165) is 41.5 Å². The maximum atomic E-state index is 9.62. The van der Waals surface area contributed by atoms with E-state index in [1.165, 1.54) is 27.1 Å². The highest BCUT2D eigenvalue weighted by Gasteiger charge is 2.23. The van der Waals surface area contributed by atoms with Crippen molar-refractivity contribution in [3.05, 3.63) is 46.6 Å². The molecule has 4 nitrogen and oxygen atoms in total. The van der Waals surface area contributed by atoms with Gasteiger partial charge in [-0.25, -0.2) is 9.97 Å². The molecule has 1 unspecified atom stereocenters. The number of aryl methyl sites for hydroxylation is 2. The Labute approximate surface area is 162 Å². The number of thiophene rings is 1. The number of anilines is 1. The summed E-state index contributed by atoms with van der Waals surface area (Å²) in [5.74, 6) is 2.49. The summed E-state index contributed by atoms with van der Waals surface area (Å²) < 4.78 is 0. The van der Waals surface area contributed by atoms with Gasteiger partial charge in [0.2, 0.25) is 0 Å². The van der Waals surface area contributed by atoms with Crippen molar-refractivity contribution < 1.29 is 5.11 Å². The molecule has 26 heavy (non-hydrogen) atoms. The Morgan fingerprint density at radius 3 is 2.85 bits per heavy atom. The first-order valence-corrected chi connectivity index (χ1v) is 10.9. The number of nitrogens with one attached hydrogen (secondary N) is 1. The second-order valence-corrected chi connectivity index (χ2v) is 8.69. The minimum atomic E-state index is 0.0275. The van der Waals surface area contributed by atoms with Crippen LogP contribution in [0.3, 0.4) is 0 Å². The van der Waals surface area contributed by atoms with E-state index >= 15 is 0 Å². The Morgan fingerprint density at radius 1 is 1.23 bits per heavy atom. The van der Waals surface area contributed by atoms with Crippen molar-refractivity contribution in [3.63, 3.8) is 0 Å². The molecule has 2 N–H and O–H groups in total. The molecule has 0 spiro atoms. The lowest BCUT2D eigenvalue weighted by molar-refractivity contribution is 0.271. The lowest BCUT2D eigenvalue weighted by atomic mass is 10.1. The van der Waals surface area contributed by atoms with Gasteiger partial charge in [0, 0.05) is 9.77 Å². The van der Waals surface area contributed by atoms with Crippen molar-refractivity contribution in [1.82, 2.24) is 9.97 Å². The quantitative estimate of drug-likeness (QED) is 0.580. The molecule has 1 aliphatic rings. The average Bonchev–Trinajstić information content (AvgIpc) is 3.26. The van der Waals surface area contributed by atoms with Crippen LogP contribution < -0.4 is 5.32 Å². The monoisotopic (exact) mass is 385 g/mol. The fourth-order valence-corrected chi connectivity index (χ4v) is 5.40. The fraction of sp³-hybridized carbons (Fsp3) is 0.400. The fourth-order valence-electron chi connectivity index (χ4n) is 3.34. The summed E-state index contributed by atoms with van der Waals surface area (Å²) in [6.07, 6.45) is 4.35. The lowest BCUT2D eigenvalue weighted by Crippen LogP contribution is -2.23. The van der Waals surface area contributed by atoms with Gasteiger partial charge in [-0.3, -0.25) is 0 Å². The standard InChI is InChI=1S/C20H23N3OS2/c1-2-13(11-24)21-19-18-15-9-6-10-16(15)26-20(18)23-17(22-19)12-25-14-7-4-3-5-8-14/h3-5,7-8,13,24H,2,6,9-12H2,1H3,(H,21,22,23). The molecule has 0 fully saturated rings. The van der Waals surface area contributed by atoms with E-state index in [4.69, 9.17) is 9.97 Å². The van der Waals surface area contributed by atoms with Crippen LogP contribution >= 0.6 is 23.1 Å². The second kappa shape index (κ2) is 7.94. The number of hydrogen-bond acceptors (Lipinski definition) is 6. The highest BCUT2D eigenvalue weighted by atomic mass is 32.2. The summed E-state index contributed by atoms with van der Waals surface area (Å²) in [6, 6.07) is 10.4. The van der Waals surface area contributed by atoms with Crippen LogP contribution in [0.2, 0.25) is 0 Å². The molecule has 3 aromatic rings. The topological polar surface area (TPSA) is 58.0 Å². The van der Waals surface area contributed by atoms with Crippen LogP contribution in [0, 0.1) is 0 Å². The molecule has 4 rings (SSSR count). The molecule has 6 heteroatoms. The number of fused-ring (bicyclic) bond motifs is 3. The van der Waals surface area contributed by atoms with Crippen LogP contribution in [-0.4, -0.2) is 27.7 Å². The number of hydrogen-bond donors (Lipinski definition) is 2. The number of rotatable bonds is 7. The second-order valence-electron chi connectivity index (χ2n) is 6.56. The lowest BCUT2D eigenvalue weighted by Gasteiger charge is -2.16. The Kier molecular flexibility index (Phi) is 5.43. The zero-order chi connectivity index (χ0) is 17.9. The molecule has 2 aromatic heterocycles. The number of nitrogens with zero attached hydrogens (tertiary/aromatic N) is 2. The summed E-state index contributed by atoms with van der Waals surface area (Å²) in [6.45, 7) is 2.19. The SMILES string of the molecule is CCC(CO)Nc1nc(CSc2ccccc2)nc2sc3c(c12)CCC3. The van der Waals surface area contributed by atoms with E-state index in [-0.39, 0.29) is 12.6 Å². The first-order chi connectivity index (χ1) is 12.8. The molecule has 0 radical (unpaired) electrons. The minimum Gasteiger partial charge on any atom is -0.394 e. The third-order valence-electron chi connectivity index (χ3n) is 4.78. The highest BCUT2D eigenvalue weighted by Crippen LogP contribution is 2.40. The van der Waals surface area contributed by atoms with Crippen molar-refractivity contribution >= 4 is 39.1 Å². The smallest absolute Gasteiger partial charge is 0.142 e. The van der Waals surface area contributed by atoms with Crippen LogP contribution in [0.4, 0.5) is 5.82 Å². The number of aromatic nitrogens is 2. The first kappa shape index (κ1) is 17.8. The molecular formula is C20H23N3OS2. The van der Waals surface area contributed by atoms with Gasteiger partial charge in [-0.1, -0.05) is 25.1 Å². The van der Waals surface area contributed by atoms with Crippen LogP contribution in [0.25, 0.3) is 10.2 Å². The minimum absolute atomic E-state index is 0.0275. The molecule has 1 atom stereocenters. The summed E-state index contributed by atoms with van der Waals surface area (Å²) in [5, 5.41) is 14.3. The van der Waals surface area contributed by atoms with Gasteiger partial charge in [0.1, 0.15) is 16.5 Å². The van der Waals surface area contributed by atoms with E-state index in [1.54, 1.807) is 11.8 Å². The molecule has 0 aliphatic heterocycles. The van der Waals surface area contributed by atoms with Gasteiger partial charge < -0.3 is 10.4 Å². The van der Waals surface area contributed by atoms with Crippen LogP contribution in [-0.2, 0) is 18.6 Å². The zero-order valence-electron chi connectivity index (χ0n) is 14.9. The number of aliphatic hydroxyl groups excluding tert-OH is 1. The van der Waals surface area contributed by atoms with E-state index < -0.39 is 0 Å². The van der Waals surface area contributed by atoms with Crippen molar-refractivity contribution in [2.24, 2.45) is 0 Å². The maximum absolute atomic E-state index is 9.62. The third kappa shape index (κ3) is 3.59. The van der Waals surface area contributed by atoms with Gasteiger partial charge in [-0.15, -0.1) is 23.1 Å². The van der Waals surface area contributed by atoms with E-state index in [1.807, 2.05) is 17.4 Å². The van der Waals surface area contributed by atoms with Gasteiger partial charge in [0.05, 0.1) is 23.8 Å². The summed E-state index contributed by atoms with van der Waals surface area (Å²) in [7, 11) is 0. The van der Waals surface area contributed by atoms with Crippen molar-refractivity contribution in [2.75, 3.05) is 11.9 Å². The van der Waals surface area contributed by atoms with Crippen LogP contribution in [0.5, 0.6) is 0 Å². The maximum Gasteiger partial charge on any atom is 0.142 e. The Morgan fingerprint density at radius 2 is 2.08 bits per heavy atom. The molecule has 0 saturated heterocycles. The number of benzene rings is 1. The molecule has 136 valence electrons. The predicted octanol–water partition coefficient (Wildman–Crippen LogP) is 4.66. The van der Waals surface area contributed by atoms with Gasteiger partial charge >= 0.3 is 0 Å². The van der Waals surface area contributed by atoms with Gasteiger partial charge in [0.25, 0.3) is 0 Å². The normalized spacial score (nSPS) is 14.5. The molecular weight excluding hydrogens is 362 g/mol. The molecule has 0 amide bonds. The molecule has 1 aliphatic carbocycles. The molecule has 0 bridgehead atoms. The largest absolute Gasteiger partial charge is 0.394 e. The van der Waals surface area contributed by atoms with E-state index in [2.05, 4.69) is 36.5 Å². The third-order valence-corrected chi connectivity index (χ3v) is 6.97. The molecule has 1 aromatic carbocycles. The van der Waals surface area contributed by atoms with Crippen LogP contribution in [0.1, 0.15) is 36.0 Å². The van der Waals surface area contributed by atoms with Gasteiger partial charge in [-0.05, 0) is 43.4 Å². The highest BCUT2D eigenvalue weighted by molar-refractivity contribution is 7.98. The van der Waals surface area contributed by atoms with Crippen molar-refractivity contribution in [3.8, 4) is 0 Å².